The summed E-state index contributed by atoms with van der Waals surface area (Å²) < 4.78 is 5.46. The van der Waals surface area contributed by atoms with E-state index in [2.05, 4.69) is 10.1 Å². The van der Waals surface area contributed by atoms with Crippen molar-refractivity contribution in [2.75, 3.05) is 20.2 Å². The molecule has 0 aromatic carbocycles. The third-order valence-corrected chi connectivity index (χ3v) is 3.96. The first-order valence-corrected chi connectivity index (χ1v) is 6.30. The van der Waals surface area contributed by atoms with Gasteiger partial charge in [0.1, 0.15) is 0 Å². The van der Waals surface area contributed by atoms with Crippen LogP contribution in [0.15, 0.2) is 5.16 Å². The Morgan fingerprint density at radius 1 is 1.31 bits per heavy atom. The number of oxime groups is 1. The van der Waals surface area contributed by atoms with Crippen LogP contribution < -0.4 is 0 Å². The predicted octanol–water partition coefficient (Wildman–Crippen LogP) is 1.87. The van der Waals surface area contributed by atoms with E-state index in [1.54, 1.807) is 0 Å². The van der Waals surface area contributed by atoms with Crippen molar-refractivity contribution in [1.82, 2.24) is 4.90 Å². The summed E-state index contributed by atoms with van der Waals surface area (Å²) in [7, 11) is 1.82. The van der Waals surface area contributed by atoms with Crippen LogP contribution in [0.3, 0.4) is 0 Å². The van der Waals surface area contributed by atoms with Crippen molar-refractivity contribution in [3.8, 4) is 0 Å². The molecule has 1 saturated heterocycles. The Labute approximate surface area is 97.3 Å². The largest absolute Gasteiger partial charge is 0.411 e. The molecule has 4 heteroatoms. The molecule has 92 valence electrons. The molecule has 0 aromatic rings. The lowest BCUT2D eigenvalue weighted by molar-refractivity contribution is 0.0275. The molecule has 1 saturated carbocycles. The Balaban J connectivity index is 1.84. The molecule has 1 aliphatic heterocycles. The maximum Gasteiger partial charge on any atom is 0.0596 e. The zero-order chi connectivity index (χ0) is 11.4. The summed E-state index contributed by atoms with van der Waals surface area (Å²) in [5.41, 5.74) is 0.954. The average Bonchev–Trinajstić information content (AvgIpc) is 2.39. The van der Waals surface area contributed by atoms with Gasteiger partial charge in [0.2, 0.25) is 0 Å². The molecule has 0 bridgehead atoms. The van der Waals surface area contributed by atoms with Crippen molar-refractivity contribution in [2.24, 2.45) is 5.16 Å². The number of methoxy groups -OCH3 is 1. The van der Waals surface area contributed by atoms with Gasteiger partial charge in [-0.1, -0.05) is 5.16 Å². The molecule has 2 atom stereocenters. The van der Waals surface area contributed by atoms with Crippen LogP contribution in [0.5, 0.6) is 0 Å². The number of nitrogens with zero attached hydrogens (tertiary/aromatic N) is 2. The van der Waals surface area contributed by atoms with Crippen LogP contribution >= 0.6 is 0 Å². The summed E-state index contributed by atoms with van der Waals surface area (Å²) in [5.74, 6) is 0. The molecule has 4 nitrogen and oxygen atoms in total. The maximum atomic E-state index is 8.72. The zero-order valence-electron chi connectivity index (χ0n) is 10.1. The number of ether oxygens (including phenoxy) is 1. The van der Waals surface area contributed by atoms with Gasteiger partial charge in [0, 0.05) is 39.1 Å². The third-order valence-electron chi connectivity index (χ3n) is 3.96. The van der Waals surface area contributed by atoms with E-state index in [-0.39, 0.29) is 0 Å². The molecule has 1 heterocycles. The fourth-order valence-electron chi connectivity index (χ4n) is 2.91. The number of likely N-dealkylation sites (tertiary alicyclic amines) is 1. The fourth-order valence-corrected chi connectivity index (χ4v) is 2.91. The first-order valence-electron chi connectivity index (χ1n) is 6.30. The lowest BCUT2D eigenvalue weighted by atomic mass is 9.90. The minimum absolute atomic E-state index is 0.451. The van der Waals surface area contributed by atoms with Gasteiger partial charge < -0.3 is 9.94 Å². The normalized spacial score (nSPS) is 32.7. The smallest absolute Gasteiger partial charge is 0.0596 e. The van der Waals surface area contributed by atoms with E-state index in [9.17, 15) is 0 Å². The molecule has 0 radical (unpaired) electrons. The van der Waals surface area contributed by atoms with E-state index in [1.807, 2.05) is 7.11 Å². The summed E-state index contributed by atoms with van der Waals surface area (Å²) >= 11 is 0. The van der Waals surface area contributed by atoms with Crippen molar-refractivity contribution < 1.29 is 9.94 Å². The van der Waals surface area contributed by atoms with E-state index >= 15 is 0 Å². The molecule has 16 heavy (non-hydrogen) atoms. The minimum atomic E-state index is 0.451. The first kappa shape index (κ1) is 11.9. The van der Waals surface area contributed by atoms with Crippen molar-refractivity contribution in [2.45, 2.75) is 50.7 Å². The highest BCUT2D eigenvalue weighted by Crippen LogP contribution is 2.26. The summed E-state index contributed by atoms with van der Waals surface area (Å²) in [6.07, 6.45) is 7.25. The maximum absolute atomic E-state index is 8.72. The Bertz CT molecular complexity index is 245. The van der Waals surface area contributed by atoms with E-state index in [0.29, 0.717) is 12.1 Å². The van der Waals surface area contributed by atoms with Crippen LogP contribution in [-0.2, 0) is 4.74 Å². The summed E-state index contributed by atoms with van der Waals surface area (Å²) in [4.78, 5) is 2.54. The average molecular weight is 226 g/mol. The van der Waals surface area contributed by atoms with Crippen LogP contribution in [0.2, 0.25) is 0 Å². The zero-order valence-corrected chi connectivity index (χ0v) is 10.1. The standard InChI is InChI=1S/C12H22N2O2/c1-16-12-4-2-3-11(9-12)14-7-5-10(13-15)6-8-14/h11-12,15H,2-9H2,1H3. The van der Waals surface area contributed by atoms with E-state index in [4.69, 9.17) is 9.94 Å². The molecule has 2 aliphatic rings. The molecule has 0 aromatic heterocycles. The van der Waals surface area contributed by atoms with Gasteiger partial charge in [-0.05, 0) is 25.7 Å². The van der Waals surface area contributed by atoms with Crippen LogP contribution in [0, 0.1) is 0 Å². The highest BCUT2D eigenvalue weighted by molar-refractivity contribution is 5.84. The molecule has 2 rings (SSSR count). The van der Waals surface area contributed by atoms with Gasteiger partial charge in [0.15, 0.2) is 0 Å². The fraction of sp³-hybridized carbons (Fsp3) is 0.917. The first-order chi connectivity index (χ1) is 7.83. The van der Waals surface area contributed by atoms with Crippen LogP contribution in [0.1, 0.15) is 38.5 Å². The molecule has 0 spiro atoms. The van der Waals surface area contributed by atoms with Gasteiger partial charge in [0.05, 0.1) is 11.8 Å². The van der Waals surface area contributed by atoms with Crippen LogP contribution in [0.4, 0.5) is 0 Å². The lowest BCUT2D eigenvalue weighted by Crippen LogP contribution is -2.45. The lowest BCUT2D eigenvalue weighted by Gasteiger charge is -2.39. The van der Waals surface area contributed by atoms with Crippen LogP contribution in [-0.4, -0.2) is 48.2 Å². The molecule has 2 fully saturated rings. The van der Waals surface area contributed by atoms with Crippen molar-refractivity contribution in [1.29, 1.82) is 0 Å². The highest BCUT2D eigenvalue weighted by Gasteiger charge is 2.28. The van der Waals surface area contributed by atoms with Gasteiger partial charge in [-0.25, -0.2) is 0 Å². The van der Waals surface area contributed by atoms with Crippen LogP contribution in [0.25, 0.3) is 0 Å². The topological polar surface area (TPSA) is 45.1 Å². The number of piperidine rings is 1. The Morgan fingerprint density at radius 2 is 2.06 bits per heavy atom. The second kappa shape index (κ2) is 5.64. The summed E-state index contributed by atoms with van der Waals surface area (Å²) in [6, 6.07) is 0.680. The summed E-state index contributed by atoms with van der Waals surface area (Å²) in [6.45, 7) is 2.08. The Morgan fingerprint density at radius 3 is 2.69 bits per heavy atom. The molecular weight excluding hydrogens is 204 g/mol. The molecule has 1 aliphatic carbocycles. The molecule has 2 unspecified atom stereocenters. The third kappa shape index (κ3) is 2.74. The Hall–Kier alpha value is -0.610. The van der Waals surface area contributed by atoms with E-state index in [0.717, 1.165) is 31.6 Å². The predicted molar refractivity (Wildman–Crippen MR) is 63.1 cm³/mol. The number of rotatable bonds is 2. The summed E-state index contributed by atoms with van der Waals surface area (Å²) in [5, 5.41) is 12.0. The second-order valence-corrected chi connectivity index (χ2v) is 4.88. The van der Waals surface area contributed by atoms with Gasteiger partial charge in [0.25, 0.3) is 0 Å². The molecule has 0 amide bonds. The van der Waals surface area contributed by atoms with Crippen molar-refractivity contribution in [3.05, 3.63) is 0 Å². The van der Waals surface area contributed by atoms with Crippen molar-refractivity contribution in [3.63, 3.8) is 0 Å². The molecule has 1 N–H and O–H groups in total. The van der Waals surface area contributed by atoms with Gasteiger partial charge in [-0.2, -0.15) is 0 Å². The SMILES string of the molecule is COC1CCCC(N2CCC(=NO)CC2)C1. The monoisotopic (exact) mass is 226 g/mol. The van der Waals surface area contributed by atoms with Gasteiger partial charge in [-0.3, -0.25) is 4.90 Å². The second-order valence-electron chi connectivity index (χ2n) is 4.88. The van der Waals surface area contributed by atoms with Gasteiger partial charge in [-0.15, -0.1) is 0 Å². The number of hydrogen-bond donors (Lipinski definition) is 1. The highest BCUT2D eigenvalue weighted by atomic mass is 16.5. The van der Waals surface area contributed by atoms with E-state index in [1.165, 1.54) is 25.7 Å². The quantitative estimate of drug-likeness (QED) is 0.577. The van der Waals surface area contributed by atoms with Crippen molar-refractivity contribution >= 4 is 5.71 Å². The van der Waals surface area contributed by atoms with Gasteiger partial charge >= 0.3 is 0 Å². The minimum Gasteiger partial charge on any atom is -0.411 e. The molecular formula is C12H22N2O2. The Kier molecular flexibility index (Phi) is 4.18. The van der Waals surface area contributed by atoms with E-state index < -0.39 is 0 Å². The number of hydrogen-bond acceptors (Lipinski definition) is 4.